The summed E-state index contributed by atoms with van der Waals surface area (Å²) < 4.78 is 21.3. The number of epoxide rings is 1. The molecular formula is C53H102O7. The lowest BCUT2D eigenvalue weighted by atomic mass is 10.0. The third-order valence-corrected chi connectivity index (χ3v) is 11.8. The Morgan fingerprint density at radius 2 is 0.533 bits per heavy atom. The normalized spacial score (nSPS) is 12.0. The maximum atomic E-state index is 12.8. The molecule has 0 aromatic carbocycles. The smallest absolute Gasteiger partial charge is 0.306 e. The van der Waals surface area contributed by atoms with Gasteiger partial charge in [-0.3, -0.25) is 14.4 Å². The van der Waals surface area contributed by atoms with Crippen molar-refractivity contribution in [2.45, 2.75) is 297 Å². The summed E-state index contributed by atoms with van der Waals surface area (Å²) in [6, 6.07) is 0. The topological polar surface area (TPSA) is 91.4 Å². The summed E-state index contributed by atoms with van der Waals surface area (Å²) >= 11 is 0. The molecule has 0 saturated carbocycles. The van der Waals surface area contributed by atoms with Crippen molar-refractivity contribution in [3.05, 3.63) is 0 Å². The number of carbonyl (C=O) groups is 3. The van der Waals surface area contributed by atoms with Gasteiger partial charge in [0.25, 0.3) is 0 Å². The molecule has 0 aliphatic carbocycles. The summed E-state index contributed by atoms with van der Waals surface area (Å²) in [5, 5.41) is 0. The maximum absolute atomic E-state index is 12.8. The van der Waals surface area contributed by atoms with E-state index in [4.69, 9.17) is 14.2 Å². The van der Waals surface area contributed by atoms with Gasteiger partial charge in [0.05, 0.1) is 13.2 Å². The van der Waals surface area contributed by atoms with E-state index < -0.39 is 6.10 Å². The molecule has 0 N–H and O–H groups in total. The van der Waals surface area contributed by atoms with Gasteiger partial charge in [0.1, 0.15) is 13.2 Å². The highest BCUT2D eigenvalue weighted by atomic mass is 16.6. The number of ether oxygens (including phenoxy) is 4. The lowest BCUT2D eigenvalue weighted by molar-refractivity contribution is -0.167. The van der Waals surface area contributed by atoms with Crippen molar-refractivity contribution in [1.82, 2.24) is 0 Å². The Morgan fingerprint density at radius 3 is 0.750 bits per heavy atom. The van der Waals surface area contributed by atoms with Crippen LogP contribution < -0.4 is 0 Å². The van der Waals surface area contributed by atoms with Crippen LogP contribution in [0.15, 0.2) is 0 Å². The summed E-state index contributed by atoms with van der Waals surface area (Å²) in [4.78, 5) is 37.9. The molecule has 7 nitrogen and oxygen atoms in total. The monoisotopic (exact) mass is 851 g/mol. The highest BCUT2D eigenvalue weighted by Crippen LogP contribution is 2.17. The molecule has 0 aromatic rings. The Bertz CT molecular complexity index is 842. The van der Waals surface area contributed by atoms with Gasteiger partial charge in [0.15, 0.2) is 6.10 Å². The fourth-order valence-corrected chi connectivity index (χ4v) is 7.74. The third-order valence-electron chi connectivity index (χ3n) is 11.8. The Balaban J connectivity index is 0.0000110. The van der Waals surface area contributed by atoms with E-state index in [1.807, 2.05) is 0 Å². The van der Waals surface area contributed by atoms with Crippen LogP contribution in [0.25, 0.3) is 0 Å². The SMILES string of the molecule is C1CO1.CCCCCCCCCCCCCCCC(=O)OCC(COC(=O)CCCCCCCCCCCCCCC)OC(=O)CCCCCCCCCCCCCCC. The molecule has 1 rings (SSSR count). The van der Waals surface area contributed by atoms with Gasteiger partial charge in [0.2, 0.25) is 0 Å². The molecule has 60 heavy (non-hydrogen) atoms. The zero-order valence-corrected chi connectivity index (χ0v) is 40.5. The molecule has 1 aliphatic heterocycles. The van der Waals surface area contributed by atoms with Crippen LogP contribution in [0, 0.1) is 0 Å². The van der Waals surface area contributed by atoms with Crippen LogP contribution >= 0.6 is 0 Å². The molecule has 7 heteroatoms. The van der Waals surface area contributed by atoms with E-state index in [0.29, 0.717) is 19.3 Å². The second kappa shape index (κ2) is 50.0. The first-order valence-electron chi connectivity index (χ1n) is 26.6. The van der Waals surface area contributed by atoms with E-state index in [1.54, 1.807) is 0 Å². The fraction of sp³-hybridized carbons (Fsp3) is 0.943. The van der Waals surface area contributed by atoms with E-state index in [-0.39, 0.29) is 31.1 Å². The number of rotatable bonds is 47. The van der Waals surface area contributed by atoms with Crippen LogP contribution in [0.3, 0.4) is 0 Å². The number of unbranched alkanes of at least 4 members (excludes halogenated alkanes) is 36. The summed E-state index contributed by atoms with van der Waals surface area (Å²) in [6.07, 6.45) is 49.3. The predicted octanol–water partition coefficient (Wildman–Crippen LogP) is 16.4. The van der Waals surface area contributed by atoms with Crippen molar-refractivity contribution in [2.24, 2.45) is 0 Å². The van der Waals surface area contributed by atoms with Gasteiger partial charge < -0.3 is 18.9 Å². The summed E-state index contributed by atoms with van der Waals surface area (Å²) in [5.41, 5.74) is 0. The van der Waals surface area contributed by atoms with Crippen LogP contribution in [-0.2, 0) is 33.3 Å². The zero-order valence-electron chi connectivity index (χ0n) is 40.5. The molecular weight excluding hydrogens is 749 g/mol. The van der Waals surface area contributed by atoms with E-state index in [0.717, 1.165) is 71.0 Å². The molecule has 1 saturated heterocycles. The lowest BCUT2D eigenvalue weighted by Gasteiger charge is -2.18. The van der Waals surface area contributed by atoms with Gasteiger partial charge in [-0.2, -0.15) is 0 Å². The average molecular weight is 851 g/mol. The molecule has 0 bridgehead atoms. The minimum absolute atomic E-state index is 0.0619. The lowest BCUT2D eigenvalue weighted by Crippen LogP contribution is -2.30. The molecule has 0 spiro atoms. The van der Waals surface area contributed by atoms with Gasteiger partial charge in [-0.15, -0.1) is 0 Å². The zero-order chi connectivity index (χ0) is 43.7. The standard InChI is InChI=1S/C51H98O6.C2H4O/c1-4-7-10-13-16-19-22-25-28-31-34-37-40-43-49(52)55-46-48(57-51(54)45-42-39-36-33-30-27-24-21-18-15-12-9-6-3)47-56-50(53)44-41-38-35-32-29-26-23-20-17-14-11-8-5-2;1-2-3-1/h48H,4-47H2,1-3H3;1-2H2. The summed E-state index contributed by atoms with van der Waals surface area (Å²) in [5.74, 6) is -0.842. The van der Waals surface area contributed by atoms with Crippen molar-refractivity contribution in [1.29, 1.82) is 0 Å². The Labute approximate surface area is 373 Å². The maximum Gasteiger partial charge on any atom is 0.306 e. The predicted molar refractivity (Wildman–Crippen MR) is 254 cm³/mol. The Morgan fingerprint density at radius 1 is 0.333 bits per heavy atom. The Kier molecular flexibility index (Phi) is 48.7. The van der Waals surface area contributed by atoms with Crippen LogP contribution in [0.4, 0.5) is 0 Å². The van der Waals surface area contributed by atoms with Crippen LogP contribution in [-0.4, -0.2) is 50.4 Å². The summed E-state index contributed by atoms with van der Waals surface area (Å²) in [7, 11) is 0. The van der Waals surface area contributed by atoms with Gasteiger partial charge in [-0.05, 0) is 19.3 Å². The van der Waals surface area contributed by atoms with E-state index in [9.17, 15) is 14.4 Å². The molecule has 1 heterocycles. The molecule has 1 fully saturated rings. The molecule has 0 amide bonds. The number of esters is 3. The quantitative estimate of drug-likeness (QED) is 0.0261. The number of hydrogen-bond donors (Lipinski definition) is 0. The molecule has 0 unspecified atom stereocenters. The first kappa shape index (κ1) is 58.4. The minimum Gasteiger partial charge on any atom is -0.462 e. The number of carbonyl (C=O) groups excluding carboxylic acids is 3. The fourth-order valence-electron chi connectivity index (χ4n) is 7.74. The van der Waals surface area contributed by atoms with Crippen LogP contribution in [0.1, 0.15) is 290 Å². The van der Waals surface area contributed by atoms with Crippen molar-refractivity contribution < 1.29 is 33.3 Å². The number of hydrogen-bond acceptors (Lipinski definition) is 7. The highest BCUT2D eigenvalue weighted by Gasteiger charge is 2.19. The van der Waals surface area contributed by atoms with E-state index in [1.165, 1.54) is 193 Å². The Hall–Kier alpha value is -1.63. The average Bonchev–Trinajstić information content (AvgIpc) is 4.14. The van der Waals surface area contributed by atoms with Gasteiger partial charge in [-0.1, -0.05) is 252 Å². The first-order chi connectivity index (χ1) is 29.5. The second-order valence-electron chi connectivity index (χ2n) is 18.1. The first-order valence-corrected chi connectivity index (χ1v) is 26.6. The molecule has 356 valence electrons. The largest absolute Gasteiger partial charge is 0.462 e. The second-order valence-corrected chi connectivity index (χ2v) is 18.1. The van der Waals surface area contributed by atoms with Crippen molar-refractivity contribution in [3.63, 3.8) is 0 Å². The van der Waals surface area contributed by atoms with Crippen LogP contribution in [0.5, 0.6) is 0 Å². The highest BCUT2D eigenvalue weighted by molar-refractivity contribution is 5.71. The van der Waals surface area contributed by atoms with Crippen molar-refractivity contribution >= 4 is 17.9 Å². The van der Waals surface area contributed by atoms with E-state index in [2.05, 4.69) is 25.5 Å². The summed E-state index contributed by atoms with van der Waals surface area (Å²) in [6.45, 7) is 8.67. The molecule has 0 atom stereocenters. The van der Waals surface area contributed by atoms with Crippen molar-refractivity contribution in [2.75, 3.05) is 26.4 Å². The molecule has 0 radical (unpaired) electrons. The van der Waals surface area contributed by atoms with Gasteiger partial charge >= 0.3 is 17.9 Å². The van der Waals surface area contributed by atoms with E-state index >= 15 is 0 Å². The minimum atomic E-state index is -0.759. The molecule has 1 aliphatic rings. The van der Waals surface area contributed by atoms with Gasteiger partial charge in [0, 0.05) is 19.3 Å². The third kappa shape index (κ3) is 50.7. The van der Waals surface area contributed by atoms with Crippen molar-refractivity contribution in [3.8, 4) is 0 Å². The molecule has 0 aromatic heterocycles. The van der Waals surface area contributed by atoms with Gasteiger partial charge in [-0.25, -0.2) is 0 Å². The van der Waals surface area contributed by atoms with Crippen LogP contribution in [0.2, 0.25) is 0 Å².